The predicted molar refractivity (Wildman–Crippen MR) is 327 cm³/mol. The van der Waals surface area contributed by atoms with Gasteiger partial charge in [0.25, 0.3) is 11.8 Å². The molecule has 0 unspecified atom stereocenters. The normalized spacial score (nSPS) is 18.8. The number of anilines is 2. The monoisotopic (exact) mass is 1210 g/mol. The number of nitrogens with zero attached hydrogens (tertiary/aromatic N) is 5. The van der Waals surface area contributed by atoms with Gasteiger partial charge >= 0.3 is 0 Å². The fraction of sp³-hybridized carbons (Fsp3) is 0.557. The van der Waals surface area contributed by atoms with E-state index in [9.17, 15) is 43.2 Å². The highest BCUT2D eigenvalue weighted by molar-refractivity contribution is 7.18. The van der Waals surface area contributed by atoms with Crippen molar-refractivity contribution in [3.05, 3.63) is 70.7 Å². The lowest BCUT2D eigenvalue weighted by molar-refractivity contribution is -0.142. The third-order valence-corrected chi connectivity index (χ3v) is 18.8. The zero-order valence-corrected chi connectivity index (χ0v) is 50.9. The zero-order valence-electron chi connectivity index (χ0n) is 49.3. The Morgan fingerprint density at radius 1 is 0.565 bits per heavy atom. The van der Waals surface area contributed by atoms with E-state index in [1.165, 1.54) is 0 Å². The molecule has 9 amide bonds. The molecule has 85 heavy (non-hydrogen) atoms. The molecule has 2 aromatic heterocycles. The molecule has 4 aromatic rings. The summed E-state index contributed by atoms with van der Waals surface area (Å²) in [6.07, 6.45) is 13.0. The molecule has 4 aliphatic rings. The molecule has 0 spiro atoms. The highest BCUT2D eigenvalue weighted by atomic mass is 32.1. The molecular formula is C61H83N13O9S2. The smallest absolute Gasteiger partial charge is 0.280 e. The lowest BCUT2D eigenvalue weighted by Gasteiger charge is -2.35. The van der Waals surface area contributed by atoms with Gasteiger partial charge in [0.05, 0.1) is 12.1 Å². The minimum atomic E-state index is -0.783. The Labute approximate surface area is 505 Å². The third kappa shape index (κ3) is 16.6. The minimum Gasteiger partial charge on any atom is -0.350 e. The summed E-state index contributed by atoms with van der Waals surface area (Å²) < 4.78 is 0. The number of benzene rings is 2. The summed E-state index contributed by atoms with van der Waals surface area (Å²) in [7, 11) is 3.38. The first-order valence-electron chi connectivity index (χ1n) is 30.3. The average molecular weight is 1210 g/mol. The van der Waals surface area contributed by atoms with Gasteiger partial charge in [-0.1, -0.05) is 122 Å². The van der Waals surface area contributed by atoms with Crippen LogP contribution in [-0.4, -0.2) is 168 Å². The molecule has 2 aliphatic carbocycles. The molecular weight excluding hydrogens is 1120 g/mol. The number of likely N-dealkylation sites (tertiary alicyclic amines) is 2. The summed E-state index contributed by atoms with van der Waals surface area (Å²) in [5.41, 5.74) is 2.19. The summed E-state index contributed by atoms with van der Waals surface area (Å²) in [6.45, 7) is 5.29. The van der Waals surface area contributed by atoms with E-state index in [-0.39, 0.29) is 58.6 Å². The summed E-state index contributed by atoms with van der Waals surface area (Å²) in [5.74, 6) is -2.83. The van der Waals surface area contributed by atoms with Gasteiger partial charge in [-0.05, 0) is 104 Å². The van der Waals surface area contributed by atoms with Crippen LogP contribution in [0.5, 0.6) is 0 Å². The zero-order chi connectivity index (χ0) is 60.4. The lowest BCUT2D eigenvalue weighted by atomic mass is 9.83. The van der Waals surface area contributed by atoms with Crippen LogP contribution in [0, 0.1) is 11.8 Å². The topological polar surface area (TPSA) is 285 Å². The Balaban J connectivity index is 0.831. The number of aromatic nitrogens is 2. The standard InChI is InChI=1S/C61H83N13O9S2/c1-38(62-3)50(76)66-48(42-25-13-7-14-26-42)60(82)73-35-17-29-44(73)52(78)70-56-46(40-21-9-5-10-22-40)68-58(84-56)54(80)64-31-19-33-72(37-75)34-20-32-65-55(81)59-69-47(41-23-11-6-12-24-41)57(85-59)71-53(79)45-30-18-36-74(45)61(83)49(43-27-15-8-16-28-43)67-51(77)39(2)63-4/h5-6,9-12,21-24,37-39,42-45,48-49,62-63H,7-8,13-20,25-36H2,1-4H3,(H,64,80)(H,65,81)(H,66,76)(H,67,77)(H,70,78)(H,71,79)/t38-,39-,44-,45-,48-,49-/m0/s1. The second-order valence-corrected chi connectivity index (χ2v) is 24.6. The average Bonchev–Trinajstić information content (AvgIpc) is 4.56. The number of hydrogen-bond acceptors (Lipinski definition) is 15. The summed E-state index contributed by atoms with van der Waals surface area (Å²) in [5, 5.41) is 24.7. The van der Waals surface area contributed by atoms with E-state index in [1.807, 2.05) is 60.7 Å². The summed E-state index contributed by atoms with van der Waals surface area (Å²) in [4.78, 5) is 137. The molecule has 0 bridgehead atoms. The quantitative estimate of drug-likeness (QED) is 0.0269. The maximum atomic E-state index is 14.3. The fourth-order valence-electron chi connectivity index (χ4n) is 11.8. The molecule has 0 radical (unpaired) electrons. The first-order valence-corrected chi connectivity index (χ1v) is 31.9. The number of rotatable bonds is 27. The van der Waals surface area contributed by atoms with E-state index >= 15 is 0 Å². The minimum absolute atomic E-state index is 0.0309. The third-order valence-electron chi connectivity index (χ3n) is 16.9. The van der Waals surface area contributed by atoms with Crippen LogP contribution in [0.1, 0.15) is 136 Å². The highest BCUT2D eigenvalue weighted by Crippen LogP contribution is 2.37. The van der Waals surface area contributed by atoms with Crippen LogP contribution in [-0.2, 0) is 33.6 Å². The van der Waals surface area contributed by atoms with Gasteiger partial charge in [0, 0.05) is 50.4 Å². The molecule has 8 rings (SSSR count). The van der Waals surface area contributed by atoms with Crippen LogP contribution in [0.2, 0.25) is 0 Å². The van der Waals surface area contributed by atoms with Gasteiger partial charge in [-0.25, -0.2) is 9.97 Å². The number of carbonyl (C=O) groups is 9. The number of amides is 9. The van der Waals surface area contributed by atoms with Crippen LogP contribution in [0.15, 0.2) is 60.7 Å². The van der Waals surface area contributed by atoms with Gasteiger partial charge in [0.15, 0.2) is 10.0 Å². The Morgan fingerprint density at radius 3 is 1.32 bits per heavy atom. The predicted octanol–water partition coefficient (Wildman–Crippen LogP) is 5.54. The van der Waals surface area contributed by atoms with Crippen molar-refractivity contribution < 1.29 is 43.2 Å². The van der Waals surface area contributed by atoms with E-state index in [4.69, 9.17) is 0 Å². The number of thiazole rings is 2. The first-order chi connectivity index (χ1) is 41.2. The van der Waals surface area contributed by atoms with Crippen LogP contribution in [0.4, 0.5) is 10.0 Å². The van der Waals surface area contributed by atoms with Crippen molar-refractivity contribution in [3.8, 4) is 22.5 Å². The van der Waals surface area contributed by atoms with Gasteiger partial charge in [0.1, 0.15) is 45.6 Å². The Bertz CT molecular complexity index is 2760. The number of likely N-dealkylation sites (N-methyl/N-ethyl adjacent to an activating group) is 2. The Morgan fingerprint density at radius 2 is 0.953 bits per heavy atom. The van der Waals surface area contributed by atoms with E-state index in [1.54, 1.807) is 42.6 Å². The van der Waals surface area contributed by atoms with E-state index in [0.29, 0.717) is 97.2 Å². The number of nitrogens with one attached hydrogen (secondary N) is 8. The van der Waals surface area contributed by atoms with Crippen LogP contribution in [0.25, 0.3) is 22.5 Å². The summed E-state index contributed by atoms with van der Waals surface area (Å²) in [6, 6.07) is 14.3. The molecule has 2 aliphatic heterocycles. The van der Waals surface area contributed by atoms with Crippen molar-refractivity contribution in [3.63, 3.8) is 0 Å². The van der Waals surface area contributed by atoms with Crippen LogP contribution >= 0.6 is 22.7 Å². The van der Waals surface area contributed by atoms with Gasteiger partial charge in [0.2, 0.25) is 41.9 Å². The summed E-state index contributed by atoms with van der Waals surface area (Å²) >= 11 is 2.06. The largest absolute Gasteiger partial charge is 0.350 e. The first kappa shape index (κ1) is 63.9. The molecule has 6 atom stereocenters. The molecule has 2 aromatic carbocycles. The van der Waals surface area contributed by atoms with Crippen molar-refractivity contribution in [1.82, 2.24) is 56.6 Å². The number of hydrogen-bond donors (Lipinski definition) is 8. The number of carbonyl (C=O) groups excluding carboxylic acids is 9. The molecule has 8 N–H and O–H groups in total. The second-order valence-electron chi connectivity index (χ2n) is 22.6. The van der Waals surface area contributed by atoms with Gasteiger partial charge < -0.3 is 57.2 Å². The molecule has 4 heterocycles. The second kappa shape index (κ2) is 31.3. The van der Waals surface area contributed by atoms with E-state index in [0.717, 1.165) is 93.3 Å². The van der Waals surface area contributed by atoms with Crippen molar-refractivity contribution >= 4 is 86.3 Å². The van der Waals surface area contributed by atoms with Crippen LogP contribution < -0.4 is 42.5 Å². The van der Waals surface area contributed by atoms with Gasteiger partial charge in [-0.3, -0.25) is 43.2 Å². The Hall–Kier alpha value is -7.15. The van der Waals surface area contributed by atoms with Crippen molar-refractivity contribution in [2.24, 2.45) is 11.8 Å². The maximum absolute atomic E-state index is 14.3. The van der Waals surface area contributed by atoms with Crippen molar-refractivity contribution in [2.75, 3.05) is 64.0 Å². The molecule has 2 saturated carbocycles. The van der Waals surface area contributed by atoms with Crippen molar-refractivity contribution in [2.45, 2.75) is 153 Å². The van der Waals surface area contributed by atoms with E-state index in [2.05, 4.69) is 52.5 Å². The maximum Gasteiger partial charge on any atom is 0.280 e. The van der Waals surface area contributed by atoms with E-state index < -0.39 is 59.9 Å². The lowest BCUT2D eigenvalue weighted by Crippen LogP contribution is -2.57. The van der Waals surface area contributed by atoms with Gasteiger partial charge in [-0.2, -0.15) is 0 Å². The SMILES string of the molecule is CN[C@@H](C)C(=O)N[C@H](C(=O)N1CCC[C@H]1C(=O)Nc1sc(C(=O)NCCCN(C=O)CCCNC(=O)c2nc(-c3ccccc3)c(NC(=O)[C@@H]3CCCN3C(=O)[C@@H](NC(=O)[C@H](C)NC)C3CCCCC3)s2)nc1-c1ccccc1)C1CCCCC1. The molecule has 22 nitrogen and oxygen atoms in total. The Kier molecular flexibility index (Phi) is 23.5. The van der Waals surface area contributed by atoms with Crippen LogP contribution in [0.3, 0.4) is 0 Å². The molecule has 24 heteroatoms. The fourth-order valence-corrected chi connectivity index (χ4v) is 13.6. The van der Waals surface area contributed by atoms with Crippen molar-refractivity contribution in [1.29, 1.82) is 0 Å². The van der Waals surface area contributed by atoms with Gasteiger partial charge in [-0.15, -0.1) is 0 Å². The highest BCUT2D eigenvalue weighted by Gasteiger charge is 2.43. The molecule has 4 fully saturated rings. The molecule has 458 valence electrons. The molecule has 2 saturated heterocycles.